The zero-order valence-corrected chi connectivity index (χ0v) is 20.1. The van der Waals surface area contributed by atoms with Gasteiger partial charge in [-0.1, -0.05) is 12.1 Å². The van der Waals surface area contributed by atoms with Gasteiger partial charge in [0.2, 0.25) is 0 Å². The van der Waals surface area contributed by atoms with Crippen LogP contribution in [0.25, 0.3) is 10.9 Å². The van der Waals surface area contributed by atoms with Crippen molar-refractivity contribution in [2.24, 2.45) is 17.3 Å². The van der Waals surface area contributed by atoms with E-state index in [0.717, 1.165) is 34.8 Å². The number of fused-ring (bicyclic) bond motifs is 1. The van der Waals surface area contributed by atoms with Gasteiger partial charge >= 0.3 is 5.97 Å². The van der Waals surface area contributed by atoms with Crippen molar-refractivity contribution in [3.63, 3.8) is 0 Å². The number of ketones is 1. The highest BCUT2D eigenvalue weighted by molar-refractivity contribution is 14.1. The molecule has 6 heteroatoms. The molecule has 2 aromatic carbocycles. The third-order valence-corrected chi connectivity index (χ3v) is 7.97. The lowest BCUT2D eigenvalue weighted by molar-refractivity contribution is -0.161. The number of esters is 1. The lowest BCUT2D eigenvalue weighted by atomic mass is 9.47. The van der Waals surface area contributed by atoms with Crippen LogP contribution in [0.1, 0.15) is 48.0 Å². The van der Waals surface area contributed by atoms with Crippen molar-refractivity contribution in [2.45, 2.75) is 38.6 Å². The molecule has 2 saturated carbocycles. The molecule has 1 heterocycles. The molecule has 0 unspecified atom stereocenters. The molecule has 0 atom stereocenters. The molecule has 1 aromatic heterocycles. The Labute approximate surface area is 200 Å². The number of methoxy groups -OCH3 is 1. The maximum atomic E-state index is 14.5. The minimum atomic E-state index is -0.302. The number of carbonyl (C=O) groups excluding carboxylic acids is 2. The molecule has 2 aliphatic carbocycles. The summed E-state index contributed by atoms with van der Waals surface area (Å²) in [7, 11) is 1.44. The molecule has 32 heavy (non-hydrogen) atoms. The third kappa shape index (κ3) is 3.87. The molecule has 0 bridgehead atoms. The van der Waals surface area contributed by atoms with E-state index in [1.54, 1.807) is 12.1 Å². The Morgan fingerprint density at radius 1 is 1.09 bits per heavy atom. The number of hydrogen-bond acceptors (Lipinski definition) is 3. The first-order valence-corrected chi connectivity index (χ1v) is 12.1. The van der Waals surface area contributed by atoms with E-state index in [0.29, 0.717) is 35.3 Å². The van der Waals surface area contributed by atoms with E-state index in [1.807, 2.05) is 22.9 Å². The number of hydrogen-bond donors (Lipinski definition) is 0. The number of ether oxygens (including phenoxy) is 1. The van der Waals surface area contributed by atoms with Gasteiger partial charge in [-0.15, -0.1) is 0 Å². The third-order valence-electron chi connectivity index (χ3n) is 7.25. The molecule has 0 radical (unpaired) electrons. The second-order valence-corrected chi connectivity index (χ2v) is 10.7. The second-order valence-electron chi connectivity index (χ2n) is 9.46. The lowest BCUT2D eigenvalue weighted by Crippen LogP contribution is -2.50. The van der Waals surface area contributed by atoms with Crippen LogP contribution in [0.15, 0.2) is 48.7 Å². The van der Waals surface area contributed by atoms with Crippen LogP contribution in [-0.2, 0) is 16.1 Å². The molecular formula is C26H25FINO3. The summed E-state index contributed by atoms with van der Waals surface area (Å²) in [5, 5.41) is 0.492. The summed E-state index contributed by atoms with van der Waals surface area (Å²) >= 11 is 2.27. The first kappa shape index (κ1) is 21.6. The Bertz CT molecular complexity index is 1190. The van der Waals surface area contributed by atoms with Crippen LogP contribution < -0.4 is 0 Å². The maximum Gasteiger partial charge on any atom is 0.308 e. The van der Waals surface area contributed by atoms with Crippen molar-refractivity contribution >= 4 is 45.2 Å². The molecule has 3 aromatic rings. The van der Waals surface area contributed by atoms with Gasteiger partial charge < -0.3 is 9.30 Å². The van der Waals surface area contributed by atoms with Crippen molar-refractivity contribution in [1.82, 2.24) is 4.57 Å². The number of halogens is 2. The maximum absolute atomic E-state index is 14.5. The fraction of sp³-hybridized carbons (Fsp3) is 0.385. The summed E-state index contributed by atoms with van der Waals surface area (Å²) in [5.74, 6) is 0.0153. The van der Waals surface area contributed by atoms with E-state index in [-0.39, 0.29) is 28.9 Å². The summed E-state index contributed by atoms with van der Waals surface area (Å²) in [5.41, 5.74) is 2.61. The van der Waals surface area contributed by atoms with Gasteiger partial charge in [-0.05, 0) is 95.5 Å². The highest BCUT2D eigenvalue weighted by Crippen LogP contribution is 2.62. The van der Waals surface area contributed by atoms with E-state index in [4.69, 9.17) is 4.74 Å². The SMILES string of the molecule is COC(=O)C1CC2(CC(CC(=O)c3ccc(F)c4ccn(Cc5ccc(I)cc5)c34)C2)C1. The molecule has 0 saturated heterocycles. The van der Waals surface area contributed by atoms with E-state index in [1.165, 1.54) is 13.2 Å². The topological polar surface area (TPSA) is 48.3 Å². The fourth-order valence-corrected chi connectivity index (χ4v) is 6.13. The van der Waals surface area contributed by atoms with Crippen molar-refractivity contribution in [3.8, 4) is 0 Å². The van der Waals surface area contributed by atoms with Gasteiger partial charge in [-0.2, -0.15) is 0 Å². The number of rotatable bonds is 6. The molecule has 1 spiro atoms. The molecule has 2 fully saturated rings. The van der Waals surface area contributed by atoms with Crippen LogP contribution in [0, 0.1) is 26.6 Å². The van der Waals surface area contributed by atoms with Crippen molar-refractivity contribution < 1.29 is 18.7 Å². The smallest absolute Gasteiger partial charge is 0.308 e. The fourth-order valence-electron chi connectivity index (χ4n) is 5.77. The molecule has 4 nitrogen and oxygen atoms in total. The van der Waals surface area contributed by atoms with Gasteiger partial charge in [0.1, 0.15) is 5.82 Å². The average molecular weight is 545 g/mol. The van der Waals surface area contributed by atoms with E-state index in [2.05, 4.69) is 34.7 Å². The monoisotopic (exact) mass is 545 g/mol. The Morgan fingerprint density at radius 2 is 1.81 bits per heavy atom. The van der Waals surface area contributed by atoms with Crippen LogP contribution in [0.3, 0.4) is 0 Å². The molecule has 2 aliphatic rings. The Morgan fingerprint density at radius 3 is 2.50 bits per heavy atom. The number of benzene rings is 2. The number of carbonyl (C=O) groups is 2. The summed E-state index contributed by atoms with van der Waals surface area (Å²) in [4.78, 5) is 24.9. The minimum absolute atomic E-state index is 0.0259. The van der Waals surface area contributed by atoms with Crippen LogP contribution >= 0.6 is 22.6 Å². The highest BCUT2D eigenvalue weighted by atomic mass is 127. The van der Waals surface area contributed by atoms with E-state index < -0.39 is 0 Å². The zero-order valence-electron chi connectivity index (χ0n) is 17.9. The predicted octanol–water partition coefficient (Wildman–Crippen LogP) is 5.99. The number of nitrogens with zero attached hydrogens (tertiary/aromatic N) is 1. The molecular weight excluding hydrogens is 520 g/mol. The van der Waals surface area contributed by atoms with E-state index in [9.17, 15) is 14.0 Å². The first-order valence-electron chi connectivity index (χ1n) is 11.0. The largest absolute Gasteiger partial charge is 0.469 e. The summed E-state index contributed by atoms with van der Waals surface area (Å²) in [6, 6.07) is 13.0. The molecule has 0 amide bonds. The summed E-state index contributed by atoms with van der Waals surface area (Å²) in [6.07, 6.45) is 6.07. The molecule has 5 rings (SSSR count). The molecule has 0 N–H and O–H groups in total. The van der Waals surface area contributed by atoms with Crippen molar-refractivity contribution in [2.75, 3.05) is 7.11 Å². The van der Waals surface area contributed by atoms with Crippen molar-refractivity contribution in [3.05, 3.63) is 69.2 Å². The lowest BCUT2D eigenvalue weighted by Gasteiger charge is -2.57. The zero-order chi connectivity index (χ0) is 22.5. The average Bonchev–Trinajstić information content (AvgIpc) is 3.14. The first-order chi connectivity index (χ1) is 15.4. The van der Waals surface area contributed by atoms with Crippen LogP contribution in [0.2, 0.25) is 0 Å². The van der Waals surface area contributed by atoms with Gasteiger partial charge in [0.25, 0.3) is 0 Å². The molecule has 166 valence electrons. The Hall–Kier alpha value is -2.22. The van der Waals surface area contributed by atoms with Crippen LogP contribution in [-0.4, -0.2) is 23.4 Å². The second kappa shape index (κ2) is 8.28. The van der Waals surface area contributed by atoms with Gasteiger partial charge in [0, 0.05) is 33.7 Å². The quantitative estimate of drug-likeness (QED) is 0.218. The standard InChI is InChI=1S/C26H25FINO3/c1-32-25(31)18-13-26(14-18)11-17(12-26)10-23(30)21-6-7-22(27)20-8-9-29(24(20)21)15-16-2-4-19(28)5-3-16/h2-9,17-18H,10-15H2,1H3. The highest BCUT2D eigenvalue weighted by Gasteiger charge is 2.55. The summed E-state index contributed by atoms with van der Waals surface area (Å²) < 4.78 is 22.5. The van der Waals surface area contributed by atoms with Gasteiger partial charge in [-0.3, -0.25) is 9.59 Å². The minimum Gasteiger partial charge on any atom is -0.469 e. The van der Waals surface area contributed by atoms with Gasteiger partial charge in [0.15, 0.2) is 5.78 Å². The molecule has 0 aliphatic heterocycles. The van der Waals surface area contributed by atoms with Crippen LogP contribution in [0.4, 0.5) is 4.39 Å². The normalized spacial score (nSPS) is 24.2. The van der Waals surface area contributed by atoms with Gasteiger partial charge in [0.05, 0.1) is 18.5 Å². The van der Waals surface area contributed by atoms with Crippen LogP contribution in [0.5, 0.6) is 0 Å². The summed E-state index contributed by atoms with van der Waals surface area (Å²) in [6.45, 7) is 0.589. The van der Waals surface area contributed by atoms with Crippen molar-refractivity contribution in [1.29, 1.82) is 0 Å². The Kier molecular flexibility index (Phi) is 5.60. The van der Waals surface area contributed by atoms with E-state index >= 15 is 0 Å². The number of Topliss-reactive ketones (excluding diaryl/α,β-unsaturated/α-hetero) is 1. The number of aromatic nitrogens is 1. The van der Waals surface area contributed by atoms with Gasteiger partial charge in [-0.25, -0.2) is 4.39 Å². The Balaban J connectivity index is 1.31. The predicted molar refractivity (Wildman–Crippen MR) is 129 cm³/mol.